The molecule has 0 aliphatic carbocycles. The molecule has 1 aromatic heterocycles. The van der Waals surface area contributed by atoms with Crippen molar-refractivity contribution in [2.24, 2.45) is 4.99 Å². The van der Waals surface area contributed by atoms with Gasteiger partial charge in [0.25, 0.3) is 5.91 Å². The number of nitrogens with zero attached hydrogens (tertiary/aromatic N) is 2. The first-order chi connectivity index (χ1) is 16.0. The van der Waals surface area contributed by atoms with Crippen molar-refractivity contribution in [1.29, 1.82) is 0 Å². The topological polar surface area (TPSA) is 46.4 Å². The van der Waals surface area contributed by atoms with Crippen LogP contribution in [0, 0.1) is 19.7 Å². The summed E-state index contributed by atoms with van der Waals surface area (Å²) < 4.78 is 16.4. The number of fused-ring (bicyclic) bond motifs is 1. The predicted molar refractivity (Wildman–Crippen MR) is 134 cm³/mol. The van der Waals surface area contributed by atoms with E-state index in [9.17, 15) is 9.18 Å². The molecule has 5 rings (SSSR count). The fourth-order valence-electron chi connectivity index (χ4n) is 3.99. The number of aliphatic imine (C=N–C) groups is 1. The van der Waals surface area contributed by atoms with Gasteiger partial charge in [-0.2, -0.15) is 0 Å². The predicted octanol–water partition coefficient (Wildman–Crippen LogP) is 6.34. The highest BCUT2D eigenvalue weighted by atomic mass is 32.2. The van der Waals surface area contributed by atoms with Gasteiger partial charge in [0.1, 0.15) is 5.82 Å². The number of aromatic nitrogens is 1. The lowest BCUT2D eigenvalue weighted by atomic mass is 10.1. The lowest BCUT2D eigenvalue weighted by Crippen LogP contribution is -2.19. The number of nitrogens with one attached hydrogen (secondary N) is 1. The van der Waals surface area contributed by atoms with E-state index >= 15 is 0 Å². The summed E-state index contributed by atoms with van der Waals surface area (Å²) in [4.78, 5) is 17.8. The highest BCUT2D eigenvalue weighted by Gasteiger charge is 2.25. The fourth-order valence-corrected chi connectivity index (χ4v) is 4.81. The third-order valence-electron chi connectivity index (χ3n) is 5.76. The van der Waals surface area contributed by atoms with E-state index in [0.717, 1.165) is 33.4 Å². The van der Waals surface area contributed by atoms with Crippen LogP contribution in [0.25, 0.3) is 17.0 Å². The molecule has 1 amide bonds. The lowest BCUT2D eigenvalue weighted by molar-refractivity contribution is -0.115. The summed E-state index contributed by atoms with van der Waals surface area (Å²) in [7, 11) is 0. The fraction of sp³-hybridized carbons (Fsp3) is 0.111. The minimum Gasteiger partial charge on any atom is -0.340 e. The van der Waals surface area contributed by atoms with Crippen molar-refractivity contribution < 1.29 is 9.18 Å². The molecule has 2 heterocycles. The van der Waals surface area contributed by atoms with Gasteiger partial charge in [0.05, 0.1) is 17.1 Å². The zero-order valence-electron chi connectivity index (χ0n) is 18.3. The normalized spacial score (nSPS) is 16.2. The largest absolute Gasteiger partial charge is 0.340 e. The zero-order chi connectivity index (χ0) is 22.9. The minimum absolute atomic E-state index is 0.170. The Bertz CT molecular complexity index is 1430. The number of rotatable bonds is 4. The Hall–Kier alpha value is -3.64. The molecule has 164 valence electrons. The Kier molecular flexibility index (Phi) is 5.60. The summed E-state index contributed by atoms with van der Waals surface area (Å²) in [6.45, 7) is 4.45. The first-order valence-electron chi connectivity index (χ1n) is 10.7. The molecule has 3 aromatic carbocycles. The number of para-hydroxylation sites is 1. The van der Waals surface area contributed by atoms with Crippen LogP contribution in [0.2, 0.25) is 0 Å². The zero-order valence-corrected chi connectivity index (χ0v) is 19.1. The molecule has 0 spiro atoms. The number of hydrogen-bond donors (Lipinski definition) is 1. The molecule has 0 unspecified atom stereocenters. The van der Waals surface area contributed by atoms with Gasteiger partial charge in [0, 0.05) is 27.7 Å². The van der Waals surface area contributed by atoms with Crippen LogP contribution in [0.5, 0.6) is 0 Å². The van der Waals surface area contributed by atoms with Crippen molar-refractivity contribution in [2.45, 2.75) is 20.4 Å². The summed E-state index contributed by atoms with van der Waals surface area (Å²) >= 11 is 1.33. The number of amides is 1. The van der Waals surface area contributed by atoms with Crippen LogP contribution in [0.15, 0.2) is 82.7 Å². The highest BCUT2D eigenvalue weighted by Crippen LogP contribution is 2.33. The molecule has 4 aromatic rings. The molecule has 0 radical (unpaired) electrons. The van der Waals surface area contributed by atoms with Gasteiger partial charge in [0.2, 0.25) is 0 Å². The van der Waals surface area contributed by atoms with E-state index in [-0.39, 0.29) is 11.7 Å². The molecule has 4 nitrogen and oxygen atoms in total. The van der Waals surface area contributed by atoms with Gasteiger partial charge in [-0.15, -0.1) is 0 Å². The number of carbonyl (C=O) groups excluding carboxylic acids is 1. The minimum atomic E-state index is -0.225. The maximum Gasteiger partial charge on any atom is 0.264 e. The van der Waals surface area contributed by atoms with E-state index in [1.54, 1.807) is 12.1 Å². The van der Waals surface area contributed by atoms with E-state index < -0.39 is 0 Å². The maximum atomic E-state index is 14.3. The molecule has 0 saturated carbocycles. The van der Waals surface area contributed by atoms with Gasteiger partial charge in [-0.1, -0.05) is 54.1 Å². The summed E-state index contributed by atoms with van der Waals surface area (Å²) in [5.41, 5.74) is 5.51. The maximum absolute atomic E-state index is 14.3. The third-order valence-corrected chi connectivity index (χ3v) is 6.67. The third kappa shape index (κ3) is 4.22. The van der Waals surface area contributed by atoms with Crippen molar-refractivity contribution in [2.75, 3.05) is 0 Å². The molecule has 33 heavy (non-hydrogen) atoms. The van der Waals surface area contributed by atoms with E-state index in [2.05, 4.69) is 14.9 Å². The van der Waals surface area contributed by atoms with E-state index in [0.29, 0.717) is 22.2 Å². The first-order valence-corrected chi connectivity index (χ1v) is 11.5. The Balaban J connectivity index is 1.52. The van der Waals surface area contributed by atoms with Gasteiger partial charge < -0.3 is 9.88 Å². The molecule has 6 heteroatoms. The van der Waals surface area contributed by atoms with Gasteiger partial charge in [-0.05, 0) is 56.0 Å². The molecule has 1 N–H and O–H groups in total. The van der Waals surface area contributed by atoms with E-state index in [1.165, 1.54) is 17.8 Å². The van der Waals surface area contributed by atoms with Gasteiger partial charge in [-0.3, -0.25) is 4.79 Å². The molecule has 0 atom stereocenters. The second-order valence-electron chi connectivity index (χ2n) is 8.01. The lowest BCUT2D eigenvalue weighted by Gasteiger charge is -2.09. The number of aryl methyl sites for hydroxylation is 1. The van der Waals surface area contributed by atoms with Crippen LogP contribution < -0.4 is 5.32 Å². The molecule has 1 aliphatic rings. The van der Waals surface area contributed by atoms with Gasteiger partial charge in [0.15, 0.2) is 5.17 Å². The monoisotopic (exact) mass is 455 g/mol. The average molecular weight is 456 g/mol. The van der Waals surface area contributed by atoms with E-state index in [4.69, 9.17) is 0 Å². The van der Waals surface area contributed by atoms with Crippen molar-refractivity contribution in [1.82, 2.24) is 9.88 Å². The number of hydrogen-bond acceptors (Lipinski definition) is 3. The average Bonchev–Trinajstić information content (AvgIpc) is 3.29. The number of benzene rings is 3. The number of halogens is 1. The highest BCUT2D eigenvalue weighted by molar-refractivity contribution is 8.18. The molecule has 0 bridgehead atoms. The number of amidine groups is 1. The molecule has 1 fully saturated rings. The summed E-state index contributed by atoms with van der Waals surface area (Å²) in [5, 5.41) is 4.44. The van der Waals surface area contributed by atoms with Crippen LogP contribution in [0.1, 0.15) is 22.4 Å². The first kappa shape index (κ1) is 21.2. The Morgan fingerprint density at radius 1 is 1.00 bits per heavy atom. The van der Waals surface area contributed by atoms with Crippen LogP contribution >= 0.6 is 11.8 Å². The van der Waals surface area contributed by atoms with Crippen LogP contribution in [-0.4, -0.2) is 15.6 Å². The Labute approximate surface area is 195 Å². The summed E-state index contributed by atoms with van der Waals surface area (Å²) in [6.07, 6.45) is 1.91. The summed E-state index contributed by atoms with van der Waals surface area (Å²) in [5.74, 6) is -0.395. The Morgan fingerprint density at radius 2 is 1.73 bits per heavy atom. The summed E-state index contributed by atoms with van der Waals surface area (Å²) in [6, 6.07) is 22.7. The molecular formula is C27H22FN3OS. The van der Waals surface area contributed by atoms with Crippen LogP contribution in [0.4, 0.5) is 10.1 Å². The number of thioether (sulfide) groups is 1. The molecule has 1 aliphatic heterocycles. The van der Waals surface area contributed by atoms with Crippen molar-refractivity contribution >= 4 is 45.5 Å². The molecular weight excluding hydrogens is 433 g/mol. The Morgan fingerprint density at radius 3 is 2.52 bits per heavy atom. The standard InChI is InChI=1S/C27H22FN3OS/c1-17-11-13-20(14-12-17)29-27-30-26(32)25(33-27)15-22-18(2)31(24-10-6-4-8-21(22)24)16-19-7-3-5-9-23(19)28/h3-15H,16H2,1-2H3,(H,29,30,32)/b25-15+. The van der Waals surface area contributed by atoms with Crippen LogP contribution in [0.3, 0.4) is 0 Å². The second-order valence-corrected chi connectivity index (χ2v) is 9.04. The van der Waals surface area contributed by atoms with E-state index in [1.807, 2.05) is 74.5 Å². The van der Waals surface area contributed by atoms with Crippen LogP contribution in [-0.2, 0) is 11.3 Å². The SMILES string of the molecule is Cc1ccc(N=C2NC(=O)/C(=C\c3c(C)n(Cc4ccccc4F)c4ccccc34)S2)cc1. The number of carbonyl (C=O) groups is 1. The van der Waals surface area contributed by atoms with Crippen molar-refractivity contribution in [3.05, 3.63) is 106 Å². The second kappa shape index (κ2) is 8.71. The van der Waals surface area contributed by atoms with Crippen molar-refractivity contribution in [3.63, 3.8) is 0 Å². The van der Waals surface area contributed by atoms with Gasteiger partial charge >= 0.3 is 0 Å². The smallest absolute Gasteiger partial charge is 0.264 e. The molecule has 1 saturated heterocycles. The quantitative estimate of drug-likeness (QED) is 0.365. The van der Waals surface area contributed by atoms with Gasteiger partial charge in [-0.25, -0.2) is 9.38 Å². The van der Waals surface area contributed by atoms with Crippen molar-refractivity contribution in [3.8, 4) is 0 Å².